The minimum Gasteiger partial charge on any atom is -0.495 e. The van der Waals surface area contributed by atoms with E-state index >= 15 is 0 Å². The molecule has 1 saturated heterocycles. The molecule has 1 rings (SSSR count). The van der Waals surface area contributed by atoms with Gasteiger partial charge in [-0.1, -0.05) is 25.2 Å². The molecule has 1 aliphatic heterocycles. The lowest BCUT2D eigenvalue weighted by Gasteiger charge is -2.15. The SMILES string of the molecule is C=C1CC(=O)OB(/C=C/CC)OC(=O)C1. The minimum atomic E-state index is -0.891. The molecule has 0 aliphatic carbocycles. The van der Waals surface area contributed by atoms with E-state index < -0.39 is 19.1 Å². The van der Waals surface area contributed by atoms with Gasteiger partial charge in [-0.05, 0) is 12.4 Å². The highest BCUT2D eigenvalue weighted by molar-refractivity contribution is 6.54. The van der Waals surface area contributed by atoms with Gasteiger partial charge in [-0.3, -0.25) is 9.59 Å². The van der Waals surface area contributed by atoms with E-state index in [1.54, 1.807) is 12.1 Å². The van der Waals surface area contributed by atoms with E-state index in [2.05, 4.69) is 6.58 Å². The second-order valence-electron chi connectivity index (χ2n) is 3.29. The molecule has 4 nitrogen and oxygen atoms in total. The van der Waals surface area contributed by atoms with E-state index in [1.165, 1.54) is 0 Å². The molecule has 80 valence electrons. The molecule has 0 aromatic heterocycles. The molecule has 0 bridgehead atoms. The van der Waals surface area contributed by atoms with E-state index in [0.717, 1.165) is 6.42 Å². The van der Waals surface area contributed by atoms with Crippen LogP contribution >= 0.6 is 0 Å². The fraction of sp³-hybridized carbons (Fsp3) is 0.400. The summed E-state index contributed by atoms with van der Waals surface area (Å²) in [7, 11) is -0.891. The fourth-order valence-corrected chi connectivity index (χ4v) is 1.16. The standard InChI is InChI=1S/C10H13BO4/c1-3-4-5-11-14-9(12)6-8(2)7-10(13)15-11/h4-5H,2-3,6-7H2,1H3/b5-4+. The molecule has 0 aromatic rings. The lowest BCUT2D eigenvalue weighted by atomic mass is 9.88. The van der Waals surface area contributed by atoms with Gasteiger partial charge in [-0.2, -0.15) is 0 Å². The third-order valence-electron chi connectivity index (χ3n) is 1.81. The number of hydrogen-bond donors (Lipinski definition) is 0. The molecule has 0 saturated carbocycles. The molecule has 0 aromatic carbocycles. The van der Waals surface area contributed by atoms with Crippen LogP contribution in [0.2, 0.25) is 0 Å². The second kappa shape index (κ2) is 5.39. The molecule has 1 fully saturated rings. The van der Waals surface area contributed by atoms with E-state index in [-0.39, 0.29) is 12.8 Å². The van der Waals surface area contributed by atoms with Gasteiger partial charge in [0, 0.05) is 0 Å². The summed E-state index contributed by atoms with van der Waals surface area (Å²) >= 11 is 0. The van der Waals surface area contributed by atoms with Crippen molar-refractivity contribution in [1.82, 2.24) is 0 Å². The van der Waals surface area contributed by atoms with Crippen molar-refractivity contribution in [1.29, 1.82) is 0 Å². The van der Waals surface area contributed by atoms with Crippen molar-refractivity contribution in [2.75, 3.05) is 0 Å². The number of rotatable bonds is 2. The highest BCUT2D eigenvalue weighted by Gasteiger charge is 2.28. The van der Waals surface area contributed by atoms with Crippen LogP contribution in [-0.2, 0) is 18.9 Å². The van der Waals surface area contributed by atoms with Gasteiger partial charge < -0.3 is 9.31 Å². The van der Waals surface area contributed by atoms with Gasteiger partial charge in [-0.25, -0.2) is 0 Å². The summed E-state index contributed by atoms with van der Waals surface area (Å²) in [5.41, 5.74) is 0.517. The molecule has 0 amide bonds. The largest absolute Gasteiger partial charge is 0.628 e. The highest BCUT2D eigenvalue weighted by Crippen LogP contribution is 2.12. The van der Waals surface area contributed by atoms with E-state index in [9.17, 15) is 9.59 Å². The van der Waals surface area contributed by atoms with E-state index in [1.807, 2.05) is 6.92 Å². The maximum Gasteiger partial charge on any atom is 0.628 e. The highest BCUT2D eigenvalue weighted by atomic mass is 16.6. The van der Waals surface area contributed by atoms with Crippen molar-refractivity contribution < 1.29 is 18.9 Å². The summed E-state index contributed by atoms with van der Waals surface area (Å²) in [4.78, 5) is 22.4. The van der Waals surface area contributed by atoms with Crippen molar-refractivity contribution in [2.45, 2.75) is 26.2 Å². The van der Waals surface area contributed by atoms with Gasteiger partial charge in [0.25, 0.3) is 11.9 Å². The summed E-state index contributed by atoms with van der Waals surface area (Å²) in [6.45, 7) is 5.52. The third kappa shape index (κ3) is 4.02. The Bertz CT molecular complexity index is 287. The van der Waals surface area contributed by atoms with Crippen LogP contribution in [0.3, 0.4) is 0 Å². The second-order valence-corrected chi connectivity index (χ2v) is 3.29. The molecule has 0 radical (unpaired) electrons. The summed E-state index contributed by atoms with van der Waals surface area (Å²) < 4.78 is 9.81. The average molecular weight is 208 g/mol. The zero-order chi connectivity index (χ0) is 11.3. The lowest BCUT2D eigenvalue weighted by Crippen LogP contribution is -2.30. The van der Waals surface area contributed by atoms with Crippen LogP contribution in [0, 0.1) is 0 Å². The summed E-state index contributed by atoms with van der Waals surface area (Å²) in [5.74, 6) is 0.723. The summed E-state index contributed by atoms with van der Waals surface area (Å²) in [5, 5.41) is 0. The van der Waals surface area contributed by atoms with E-state index in [0.29, 0.717) is 5.57 Å². The van der Waals surface area contributed by atoms with Crippen LogP contribution in [0.25, 0.3) is 0 Å². The van der Waals surface area contributed by atoms with Gasteiger partial charge in [0.1, 0.15) is 0 Å². The number of carbonyl (C=O) groups is 2. The Labute approximate surface area is 89.1 Å². The van der Waals surface area contributed by atoms with Crippen LogP contribution in [0.5, 0.6) is 0 Å². The monoisotopic (exact) mass is 208 g/mol. The maximum absolute atomic E-state index is 11.2. The Morgan fingerprint density at radius 3 is 2.33 bits per heavy atom. The smallest absolute Gasteiger partial charge is 0.495 e. The van der Waals surface area contributed by atoms with Crippen molar-refractivity contribution in [3.05, 3.63) is 24.2 Å². The maximum atomic E-state index is 11.2. The topological polar surface area (TPSA) is 52.6 Å². The van der Waals surface area contributed by atoms with Crippen molar-refractivity contribution in [3.8, 4) is 0 Å². The first kappa shape index (κ1) is 11.6. The Hall–Kier alpha value is -1.52. The molecule has 1 heterocycles. The predicted octanol–water partition coefficient (Wildman–Crippen LogP) is 1.42. The average Bonchev–Trinajstić information content (AvgIpc) is 2.11. The van der Waals surface area contributed by atoms with Crippen LogP contribution in [0.15, 0.2) is 24.2 Å². The molecule has 0 atom stereocenters. The first-order chi connectivity index (χ1) is 7.11. The lowest BCUT2D eigenvalue weighted by molar-refractivity contribution is -0.140. The first-order valence-electron chi connectivity index (χ1n) is 4.84. The van der Waals surface area contributed by atoms with Crippen molar-refractivity contribution in [3.63, 3.8) is 0 Å². The molecule has 15 heavy (non-hydrogen) atoms. The van der Waals surface area contributed by atoms with Gasteiger partial charge in [0.15, 0.2) is 0 Å². The Kier molecular flexibility index (Phi) is 4.15. The fourth-order valence-electron chi connectivity index (χ4n) is 1.16. The number of carbonyl (C=O) groups excluding carboxylic acids is 2. The van der Waals surface area contributed by atoms with Crippen LogP contribution in [-0.4, -0.2) is 19.1 Å². The predicted molar refractivity (Wildman–Crippen MR) is 55.7 cm³/mol. The van der Waals surface area contributed by atoms with E-state index in [4.69, 9.17) is 9.31 Å². The zero-order valence-corrected chi connectivity index (χ0v) is 8.69. The molecule has 0 unspecified atom stereocenters. The molecule has 1 aliphatic rings. The zero-order valence-electron chi connectivity index (χ0n) is 8.69. The number of allylic oxidation sites excluding steroid dienone is 1. The Morgan fingerprint density at radius 1 is 1.33 bits per heavy atom. The Balaban J connectivity index is 2.65. The quantitative estimate of drug-likeness (QED) is 0.508. The van der Waals surface area contributed by atoms with Crippen LogP contribution in [0.1, 0.15) is 26.2 Å². The van der Waals surface area contributed by atoms with Gasteiger partial charge >= 0.3 is 7.12 Å². The molecule has 5 heteroatoms. The van der Waals surface area contributed by atoms with Crippen molar-refractivity contribution in [2.24, 2.45) is 0 Å². The van der Waals surface area contributed by atoms with Gasteiger partial charge in [0.2, 0.25) is 0 Å². The van der Waals surface area contributed by atoms with Gasteiger partial charge in [-0.15, -0.1) is 0 Å². The molecule has 0 spiro atoms. The first-order valence-corrected chi connectivity index (χ1v) is 4.84. The molecular weight excluding hydrogens is 195 g/mol. The van der Waals surface area contributed by atoms with Crippen molar-refractivity contribution >= 4 is 19.1 Å². The third-order valence-corrected chi connectivity index (χ3v) is 1.81. The van der Waals surface area contributed by atoms with Crippen LogP contribution in [0.4, 0.5) is 0 Å². The Morgan fingerprint density at radius 2 is 1.87 bits per heavy atom. The normalized spacial score (nSPS) is 18.5. The molecule has 0 N–H and O–H groups in total. The number of hydrogen-bond acceptors (Lipinski definition) is 4. The molecular formula is C10H13BO4. The van der Waals surface area contributed by atoms with Crippen LogP contribution < -0.4 is 0 Å². The summed E-state index contributed by atoms with van der Waals surface area (Å²) in [6, 6.07) is 0. The summed E-state index contributed by atoms with van der Waals surface area (Å²) in [6.07, 6.45) is 2.72. The van der Waals surface area contributed by atoms with Gasteiger partial charge in [0.05, 0.1) is 12.8 Å². The minimum absolute atomic E-state index is 0.0750.